The number of hydrogen-bond donors (Lipinski definition) is 2. The first kappa shape index (κ1) is 10.7. The van der Waals surface area contributed by atoms with Gasteiger partial charge in [0.05, 0.1) is 0 Å². The van der Waals surface area contributed by atoms with Crippen molar-refractivity contribution in [3.8, 4) is 5.75 Å². The highest BCUT2D eigenvalue weighted by Crippen LogP contribution is 2.21. The molecule has 16 heavy (non-hydrogen) atoms. The molecule has 0 heterocycles. The minimum Gasteiger partial charge on any atom is -0.508 e. The molecule has 82 valence electrons. The van der Waals surface area contributed by atoms with Gasteiger partial charge in [-0.15, -0.1) is 0 Å². The molecule has 0 aromatic heterocycles. The Morgan fingerprint density at radius 3 is 2.69 bits per heavy atom. The van der Waals surface area contributed by atoms with Crippen molar-refractivity contribution in [2.24, 2.45) is 5.73 Å². The van der Waals surface area contributed by atoms with Crippen LogP contribution in [-0.4, -0.2) is 11.7 Å². The molecule has 0 spiro atoms. The van der Waals surface area contributed by atoms with E-state index in [1.54, 1.807) is 12.1 Å². The van der Waals surface area contributed by atoms with Gasteiger partial charge in [-0.25, -0.2) is 0 Å². The van der Waals surface area contributed by atoms with Crippen LogP contribution in [0.15, 0.2) is 42.5 Å². The fraction of sp³-hybridized carbons (Fsp3) is 0.143. The van der Waals surface area contributed by atoms with Crippen LogP contribution in [0.1, 0.15) is 12.0 Å². The van der Waals surface area contributed by atoms with Crippen molar-refractivity contribution in [2.45, 2.75) is 6.42 Å². The van der Waals surface area contributed by atoms with Gasteiger partial charge < -0.3 is 10.8 Å². The molecule has 2 rings (SSSR count). The summed E-state index contributed by atoms with van der Waals surface area (Å²) in [7, 11) is 0. The fourth-order valence-electron chi connectivity index (χ4n) is 1.67. The Morgan fingerprint density at radius 2 is 1.88 bits per heavy atom. The fourth-order valence-corrected chi connectivity index (χ4v) is 1.67. The number of hydrogen-bond acceptors (Lipinski definition) is 2. The zero-order chi connectivity index (χ0) is 11.4. The van der Waals surface area contributed by atoms with E-state index in [0.29, 0.717) is 12.3 Å². The van der Waals surface area contributed by atoms with Crippen LogP contribution in [0.3, 0.4) is 0 Å². The van der Waals surface area contributed by atoms with Crippen molar-refractivity contribution in [1.29, 1.82) is 0 Å². The molecule has 2 nitrogen and oxygen atoms in total. The summed E-state index contributed by atoms with van der Waals surface area (Å²) in [5, 5.41) is 11.6. The maximum absolute atomic E-state index is 9.40. The van der Waals surface area contributed by atoms with Gasteiger partial charge in [-0.1, -0.05) is 30.4 Å². The molecule has 0 aliphatic carbocycles. The van der Waals surface area contributed by atoms with E-state index < -0.39 is 0 Å². The molecule has 0 aliphatic heterocycles. The minimum absolute atomic E-state index is 0.301. The lowest BCUT2D eigenvalue weighted by atomic mass is 10.1. The number of phenols is 1. The van der Waals surface area contributed by atoms with E-state index in [0.717, 1.165) is 22.8 Å². The monoisotopic (exact) mass is 213 g/mol. The Balaban J connectivity index is 2.35. The van der Waals surface area contributed by atoms with Crippen LogP contribution in [-0.2, 0) is 0 Å². The summed E-state index contributed by atoms with van der Waals surface area (Å²) in [5.74, 6) is 0.301. The summed E-state index contributed by atoms with van der Waals surface area (Å²) in [5.41, 5.74) is 6.55. The van der Waals surface area contributed by atoms with Gasteiger partial charge in [0.15, 0.2) is 0 Å². The molecular formula is C14H15NO. The highest BCUT2D eigenvalue weighted by molar-refractivity contribution is 5.85. The van der Waals surface area contributed by atoms with Crippen LogP contribution >= 0.6 is 0 Å². The van der Waals surface area contributed by atoms with E-state index >= 15 is 0 Å². The quantitative estimate of drug-likeness (QED) is 0.823. The van der Waals surface area contributed by atoms with Gasteiger partial charge in [-0.2, -0.15) is 0 Å². The van der Waals surface area contributed by atoms with Crippen molar-refractivity contribution in [3.05, 3.63) is 48.0 Å². The molecule has 0 atom stereocenters. The third-order valence-corrected chi connectivity index (χ3v) is 2.49. The maximum Gasteiger partial charge on any atom is 0.116 e. The van der Waals surface area contributed by atoms with Gasteiger partial charge in [0, 0.05) is 0 Å². The van der Waals surface area contributed by atoms with E-state index in [4.69, 9.17) is 5.73 Å². The highest BCUT2D eigenvalue weighted by Gasteiger charge is 1.95. The van der Waals surface area contributed by atoms with Gasteiger partial charge in [0.1, 0.15) is 5.75 Å². The van der Waals surface area contributed by atoms with Gasteiger partial charge in [0.25, 0.3) is 0 Å². The summed E-state index contributed by atoms with van der Waals surface area (Å²) in [6, 6.07) is 11.6. The minimum atomic E-state index is 0.301. The standard InChI is InChI=1S/C14H15NO/c15-8-2-1-3-11-4-5-12-6-7-14(16)10-13(12)9-11/h1,3-7,9-10,16H,2,8,15H2. The molecule has 0 fully saturated rings. The number of phenolic OH excluding ortho intramolecular Hbond substituents is 1. The molecule has 0 bridgehead atoms. The lowest BCUT2D eigenvalue weighted by Crippen LogP contribution is -1.94. The normalized spacial score (nSPS) is 11.3. The third-order valence-electron chi connectivity index (χ3n) is 2.49. The maximum atomic E-state index is 9.40. The molecule has 2 heteroatoms. The molecule has 3 N–H and O–H groups in total. The van der Waals surface area contributed by atoms with Crippen molar-refractivity contribution >= 4 is 16.8 Å². The number of benzene rings is 2. The average Bonchev–Trinajstić information content (AvgIpc) is 2.29. The summed E-state index contributed by atoms with van der Waals surface area (Å²) in [4.78, 5) is 0. The summed E-state index contributed by atoms with van der Waals surface area (Å²) < 4.78 is 0. The van der Waals surface area contributed by atoms with E-state index in [1.165, 1.54) is 0 Å². The molecule has 2 aromatic rings. The number of rotatable bonds is 3. The zero-order valence-electron chi connectivity index (χ0n) is 9.06. The Hall–Kier alpha value is -1.80. The van der Waals surface area contributed by atoms with Crippen LogP contribution in [0.4, 0.5) is 0 Å². The molecule has 2 aromatic carbocycles. The SMILES string of the molecule is NCCC=Cc1ccc2ccc(O)cc2c1. The predicted octanol–water partition coefficient (Wildman–Crippen LogP) is 2.91. The number of fused-ring (bicyclic) bond motifs is 1. The Bertz CT molecular complexity index is 517. The summed E-state index contributed by atoms with van der Waals surface area (Å²) in [6.07, 6.45) is 5.00. The highest BCUT2D eigenvalue weighted by atomic mass is 16.3. The van der Waals surface area contributed by atoms with Crippen LogP contribution < -0.4 is 5.73 Å². The van der Waals surface area contributed by atoms with Gasteiger partial charge in [-0.05, 0) is 47.5 Å². The smallest absolute Gasteiger partial charge is 0.116 e. The van der Waals surface area contributed by atoms with Crippen molar-refractivity contribution in [1.82, 2.24) is 0 Å². The second-order valence-electron chi connectivity index (χ2n) is 3.77. The lowest BCUT2D eigenvalue weighted by molar-refractivity contribution is 0.476. The molecule has 0 saturated heterocycles. The Labute approximate surface area is 95.0 Å². The molecular weight excluding hydrogens is 198 g/mol. The largest absolute Gasteiger partial charge is 0.508 e. The molecule has 0 radical (unpaired) electrons. The second-order valence-corrected chi connectivity index (χ2v) is 3.77. The zero-order valence-corrected chi connectivity index (χ0v) is 9.06. The van der Waals surface area contributed by atoms with Gasteiger partial charge in [0.2, 0.25) is 0 Å². The number of aromatic hydroxyl groups is 1. The summed E-state index contributed by atoms with van der Waals surface area (Å²) in [6.45, 7) is 0.671. The molecule has 0 unspecified atom stereocenters. The first-order valence-electron chi connectivity index (χ1n) is 5.39. The second kappa shape index (κ2) is 4.81. The first-order chi connectivity index (χ1) is 7.79. The Kier molecular flexibility index (Phi) is 3.22. The van der Waals surface area contributed by atoms with E-state index in [1.807, 2.05) is 6.07 Å². The third kappa shape index (κ3) is 2.41. The van der Waals surface area contributed by atoms with Crippen LogP contribution in [0.5, 0.6) is 5.75 Å². The van der Waals surface area contributed by atoms with Crippen LogP contribution in [0.2, 0.25) is 0 Å². The average molecular weight is 213 g/mol. The van der Waals surface area contributed by atoms with Gasteiger partial charge in [-0.3, -0.25) is 0 Å². The lowest BCUT2D eigenvalue weighted by Gasteiger charge is -2.00. The van der Waals surface area contributed by atoms with Crippen LogP contribution in [0.25, 0.3) is 16.8 Å². The summed E-state index contributed by atoms with van der Waals surface area (Å²) >= 11 is 0. The Morgan fingerprint density at radius 1 is 1.06 bits per heavy atom. The van der Waals surface area contributed by atoms with Crippen molar-refractivity contribution < 1.29 is 5.11 Å². The number of nitrogens with two attached hydrogens (primary N) is 1. The van der Waals surface area contributed by atoms with E-state index in [2.05, 4.69) is 30.4 Å². The van der Waals surface area contributed by atoms with Crippen molar-refractivity contribution in [2.75, 3.05) is 6.54 Å². The van der Waals surface area contributed by atoms with Gasteiger partial charge >= 0.3 is 0 Å². The molecule has 0 saturated carbocycles. The van der Waals surface area contributed by atoms with E-state index in [-0.39, 0.29) is 0 Å². The molecule has 0 aliphatic rings. The predicted molar refractivity (Wildman–Crippen MR) is 68.3 cm³/mol. The topological polar surface area (TPSA) is 46.2 Å². The van der Waals surface area contributed by atoms with E-state index in [9.17, 15) is 5.11 Å². The van der Waals surface area contributed by atoms with Crippen molar-refractivity contribution in [3.63, 3.8) is 0 Å². The molecule has 0 amide bonds. The first-order valence-corrected chi connectivity index (χ1v) is 5.39. The van der Waals surface area contributed by atoms with Crippen LogP contribution in [0, 0.1) is 0 Å².